The highest BCUT2D eigenvalue weighted by molar-refractivity contribution is 5.78. The molecule has 134 valence electrons. The van der Waals surface area contributed by atoms with Crippen LogP contribution in [0.15, 0.2) is 36.4 Å². The Kier molecular flexibility index (Phi) is 5.87. The molecule has 2 heterocycles. The molecule has 2 atom stereocenters. The van der Waals surface area contributed by atoms with E-state index in [1.165, 1.54) is 0 Å². The lowest BCUT2D eigenvalue weighted by molar-refractivity contribution is -0.135. The normalized spacial score (nSPS) is 20.4. The topological polar surface area (TPSA) is 61.0 Å². The zero-order valence-electron chi connectivity index (χ0n) is 15.2. The van der Waals surface area contributed by atoms with E-state index < -0.39 is 0 Å². The highest BCUT2D eigenvalue weighted by atomic mass is 16.2. The smallest absolute Gasteiger partial charge is 0.225 e. The van der Waals surface area contributed by atoms with Crippen LogP contribution in [-0.4, -0.2) is 47.2 Å². The van der Waals surface area contributed by atoms with Gasteiger partial charge in [0.1, 0.15) is 0 Å². The summed E-state index contributed by atoms with van der Waals surface area (Å²) >= 11 is 0. The summed E-state index contributed by atoms with van der Waals surface area (Å²) in [7, 11) is 1.93. The van der Waals surface area contributed by atoms with Crippen molar-refractivity contribution in [3.05, 3.63) is 42.1 Å². The number of hydrogen-bond donors (Lipinski definition) is 2. The molecule has 5 nitrogen and oxygen atoms in total. The highest BCUT2D eigenvalue weighted by Crippen LogP contribution is 2.19. The molecule has 0 bridgehead atoms. The standard InChI is InChI=1S/C20H28N4O/c1-15-13-17(10-11-21-15)20(25)24(2)12-6-9-18-14-19(23-22-18)16-7-4-3-5-8-16/h3-5,7-8,14-15,17,21H,6,9-13H2,1-2H3,(H,22,23)/t15-,17-/m0/s1. The predicted octanol–water partition coefficient (Wildman–Crippen LogP) is 2.86. The number of benzene rings is 1. The molecule has 0 aliphatic carbocycles. The van der Waals surface area contributed by atoms with Gasteiger partial charge in [0.15, 0.2) is 0 Å². The van der Waals surface area contributed by atoms with Crippen LogP contribution in [-0.2, 0) is 11.2 Å². The molecule has 5 heteroatoms. The number of nitrogens with zero attached hydrogens (tertiary/aromatic N) is 2. The third kappa shape index (κ3) is 4.69. The van der Waals surface area contributed by atoms with E-state index in [4.69, 9.17) is 0 Å². The van der Waals surface area contributed by atoms with Crippen molar-refractivity contribution < 1.29 is 4.79 Å². The molecule has 0 spiro atoms. The van der Waals surface area contributed by atoms with E-state index in [0.29, 0.717) is 11.9 Å². The number of rotatable bonds is 6. The first-order chi connectivity index (χ1) is 12.1. The molecule has 1 fully saturated rings. The molecule has 1 saturated heterocycles. The number of carbonyl (C=O) groups is 1. The van der Waals surface area contributed by atoms with Crippen LogP contribution >= 0.6 is 0 Å². The Morgan fingerprint density at radius 3 is 2.88 bits per heavy atom. The third-order valence-electron chi connectivity index (χ3n) is 4.99. The van der Waals surface area contributed by atoms with Gasteiger partial charge < -0.3 is 10.2 Å². The van der Waals surface area contributed by atoms with Gasteiger partial charge in [-0.3, -0.25) is 9.89 Å². The van der Waals surface area contributed by atoms with E-state index in [9.17, 15) is 4.79 Å². The fraction of sp³-hybridized carbons (Fsp3) is 0.500. The van der Waals surface area contributed by atoms with Gasteiger partial charge in [-0.15, -0.1) is 0 Å². The zero-order chi connectivity index (χ0) is 17.6. The van der Waals surface area contributed by atoms with E-state index in [2.05, 4.69) is 40.6 Å². The molecular formula is C20H28N4O. The van der Waals surface area contributed by atoms with Crippen LogP contribution in [0.25, 0.3) is 11.3 Å². The average Bonchev–Trinajstić information content (AvgIpc) is 3.10. The second kappa shape index (κ2) is 8.30. The van der Waals surface area contributed by atoms with E-state index in [1.807, 2.05) is 30.1 Å². The van der Waals surface area contributed by atoms with Gasteiger partial charge in [-0.05, 0) is 45.2 Å². The summed E-state index contributed by atoms with van der Waals surface area (Å²) in [4.78, 5) is 14.5. The largest absolute Gasteiger partial charge is 0.346 e. The molecule has 1 amide bonds. The molecule has 3 rings (SSSR count). The Balaban J connectivity index is 1.46. The molecule has 1 aliphatic heterocycles. The molecule has 0 unspecified atom stereocenters. The van der Waals surface area contributed by atoms with Crippen LogP contribution in [0.3, 0.4) is 0 Å². The average molecular weight is 340 g/mol. The van der Waals surface area contributed by atoms with E-state index in [0.717, 1.165) is 55.7 Å². The van der Waals surface area contributed by atoms with Crippen molar-refractivity contribution in [2.24, 2.45) is 5.92 Å². The van der Waals surface area contributed by atoms with Gasteiger partial charge >= 0.3 is 0 Å². The fourth-order valence-corrected chi connectivity index (χ4v) is 3.53. The van der Waals surface area contributed by atoms with E-state index in [1.54, 1.807) is 0 Å². The minimum atomic E-state index is 0.179. The van der Waals surface area contributed by atoms with Gasteiger partial charge in [-0.25, -0.2) is 0 Å². The Morgan fingerprint density at radius 2 is 2.12 bits per heavy atom. The first-order valence-electron chi connectivity index (χ1n) is 9.21. The number of carbonyl (C=O) groups excluding carboxylic acids is 1. The quantitative estimate of drug-likeness (QED) is 0.850. The maximum Gasteiger partial charge on any atom is 0.225 e. The van der Waals surface area contributed by atoms with Gasteiger partial charge in [0.25, 0.3) is 0 Å². The summed E-state index contributed by atoms with van der Waals surface area (Å²) in [5.74, 6) is 0.473. The number of amides is 1. The van der Waals surface area contributed by atoms with Gasteiger partial charge in [0, 0.05) is 36.8 Å². The van der Waals surface area contributed by atoms with Crippen LogP contribution in [0.4, 0.5) is 0 Å². The summed E-state index contributed by atoms with van der Waals surface area (Å²) in [5, 5.41) is 10.9. The van der Waals surface area contributed by atoms with Crippen molar-refractivity contribution in [3.63, 3.8) is 0 Å². The third-order valence-corrected chi connectivity index (χ3v) is 4.99. The lowest BCUT2D eigenvalue weighted by Crippen LogP contribution is -2.43. The number of H-pyrrole nitrogens is 1. The van der Waals surface area contributed by atoms with Crippen LogP contribution < -0.4 is 5.32 Å². The Hall–Kier alpha value is -2.14. The number of nitrogens with one attached hydrogen (secondary N) is 2. The van der Waals surface area contributed by atoms with Crippen molar-refractivity contribution in [2.45, 2.75) is 38.6 Å². The van der Waals surface area contributed by atoms with E-state index in [-0.39, 0.29) is 5.92 Å². The number of aromatic nitrogens is 2. The first-order valence-corrected chi connectivity index (χ1v) is 9.21. The minimum Gasteiger partial charge on any atom is -0.346 e. The monoisotopic (exact) mass is 340 g/mol. The second-order valence-corrected chi connectivity index (χ2v) is 7.08. The molecule has 2 N–H and O–H groups in total. The van der Waals surface area contributed by atoms with Crippen molar-refractivity contribution in [3.8, 4) is 11.3 Å². The van der Waals surface area contributed by atoms with Crippen LogP contribution in [0, 0.1) is 5.92 Å². The Labute approximate surface area is 149 Å². The van der Waals surface area contributed by atoms with Gasteiger partial charge in [-0.1, -0.05) is 30.3 Å². The van der Waals surface area contributed by atoms with E-state index >= 15 is 0 Å². The second-order valence-electron chi connectivity index (χ2n) is 7.08. The van der Waals surface area contributed by atoms with Crippen molar-refractivity contribution in [1.29, 1.82) is 0 Å². The zero-order valence-corrected chi connectivity index (χ0v) is 15.2. The molecule has 25 heavy (non-hydrogen) atoms. The predicted molar refractivity (Wildman–Crippen MR) is 100 cm³/mol. The number of hydrogen-bond acceptors (Lipinski definition) is 3. The summed E-state index contributed by atoms with van der Waals surface area (Å²) in [6.07, 6.45) is 3.75. The van der Waals surface area contributed by atoms with Crippen molar-refractivity contribution in [1.82, 2.24) is 20.4 Å². The van der Waals surface area contributed by atoms with Crippen LogP contribution in [0.2, 0.25) is 0 Å². The van der Waals surface area contributed by atoms with Gasteiger partial charge in [-0.2, -0.15) is 5.10 Å². The lowest BCUT2D eigenvalue weighted by Gasteiger charge is -2.30. The molecule has 1 aromatic heterocycles. The molecular weight excluding hydrogens is 312 g/mol. The Morgan fingerprint density at radius 1 is 1.32 bits per heavy atom. The summed E-state index contributed by atoms with van der Waals surface area (Å²) in [6, 6.07) is 12.7. The Bertz CT molecular complexity index is 682. The molecule has 0 saturated carbocycles. The molecule has 1 aromatic carbocycles. The van der Waals surface area contributed by atoms with Crippen molar-refractivity contribution in [2.75, 3.05) is 20.1 Å². The number of aryl methyl sites for hydroxylation is 1. The van der Waals surface area contributed by atoms with Crippen LogP contribution in [0.5, 0.6) is 0 Å². The number of piperidine rings is 1. The summed E-state index contributed by atoms with van der Waals surface area (Å²) in [5.41, 5.74) is 3.22. The summed E-state index contributed by atoms with van der Waals surface area (Å²) < 4.78 is 0. The number of aromatic amines is 1. The molecule has 0 radical (unpaired) electrons. The first kappa shape index (κ1) is 17.7. The van der Waals surface area contributed by atoms with Gasteiger partial charge in [0.05, 0.1) is 5.69 Å². The maximum absolute atomic E-state index is 12.6. The maximum atomic E-state index is 12.6. The fourth-order valence-electron chi connectivity index (χ4n) is 3.53. The molecule has 2 aromatic rings. The summed E-state index contributed by atoms with van der Waals surface area (Å²) in [6.45, 7) is 3.89. The van der Waals surface area contributed by atoms with Crippen LogP contribution in [0.1, 0.15) is 31.9 Å². The SMILES string of the molecule is C[C@H]1C[C@@H](C(=O)N(C)CCCc2cc(-c3ccccc3)n[nH]2)CCN1. The lowest BCUT2D eigenvalue weighted by atomic mass is 9.92. The molecule has 1 aliphatic rings. The minimum absolute atomic E-state index is 0.179. The van der Waals surface area contributed by atoms with Gasteiger partial charge in [0.2, 0.25) is 5.91 Å². The van der Waals surface area contributed by atoms with Crippen molar-refractivity contribution >= 4 is 5.91 Å². The highest BCUT2D eigenvalue weighted by Gasteiger charge is 2.26.